The van der Waals surface area contributed by atoms with Gasteiger partial charge in [-0.1, -0.05) is 91.0 Å². The number of carbonyl (C=O) groups excluding carboxylic acids is 2. The Bertz CT molecular complexity index is 1190. The number of halogens is 1. The highest BCUT2D eigenvalue weighted by Gasteiger charge is 2.36. The summed E-state index contributed by atoms with van der Waals surface area (Å²) in [5.74, 6) is -3.89. The first-order valence-electron chi connectivity index (χ1n) is 10.4. The molecule has 178 valence electrons. The molecule has 9 heteroatoms. The average molecular weight is 502 g/mol. The third-order valence-electron chi connectivity index (χ3n) is 5.07. The zero-order valence-electron chi connectivity index (χ0n) is 18.1. The van der Waals surface area contributed by atoms with Crippen molar-refractivity contribution in [3.05, 3.63) is 108 Å². The van der Waals surface area contributed by atoms with Crippen LogP contribution in [0.1, 0.15) is 28.8 Å². The molecule has 7 nitrogen and oxygen atoms in total. The van der Waals surface area contributed by atoms with Crippen LogP contribution in [0.3, 0.4) is 0 Å². The fourth-order valence-electron chi connectivity index (χ4n) is 3.33. The first-order chi connectivity index (χ1) is 16.2. The van der Waals surface area contributed by atoms with Gasteiger partial charge < -0.3 is 15.2 Å². The predicted octanol–water partition coefficient (Wildman–Crippen LogP) is 3.90. The van der Waals surface area contributed by atoms with Crippen molar-refractivity contribution in [3.8, 4) is 0 Å². The van der Waals surface area contributed by atoms with Crippen molar-refractivity contribution in [1.29, 1.82) is 0 Å². The summed E-state index contributed by atoms with van der Waals surface area (Å²) in [5, 5.41) is 0. The predicted molar refractivity (Wildman–Crippen MR) is 128 cm³/mol. The van der Waals surface area contributed by atoms with E-state index in [0.717, 1.165) is 5.56 Å². The number of benzene rings is 3. The lowest BCUT2D eigenvalue weighted by molar-refractivity contribution is -0.172. The minimum Gasteiger partial charge on any atom is -0.458 e. The van der Waals surface area contributed by atoms with E-state index in [1.54, 1.807) is 84.9 Å². The Labute approximate surface area is 202 Å². The van der Waals surface area contributed by atoms with Gasteiger partial charge in [-0.25, -0.2) is 13.2 Å². The molecule has 3 aromatic carbocycles. The zero-order chi connectivity index (χ0) is 24.6. The Morgan fingerprint density at radius 2 is 1.29 bits per heavy atom. The van der Waals surface area contributed by atoms with Crippen molar-refractivity contribution in [1.82, 2.24) is 0 Å². The molecule has 2 N–H and O–H groups in total. The van der Waals surface area contributed by atoms with E-state index in [1.807, 2.05) is 6.07 Å². The van der Waals surface area contributed by atoms with Gasteiger partial charge in [-0.05, 0) is 11.1 Å². The first-order valence-corrected chi connectivity index (χ1v) is 12.9. The molecule has 34 heavy (non-hydrogen) atoms. The zero-order valence-corrected chi connectivity index (χ0v) is 19.7. The lowest BCUT2D eigenvalue weighted by Gasteiger charge is -2.24. The number of carbonyl (C=O) groups is 2. The summed E-state index contributed by atoms with van der Waals surface area (Å²) in [5.41, 5.74) is 7.88. The van der Waals surface area contributed by atoms with E-state index < -0.39 is 44.8 Å². The molecular formula is C25H24ClNO6S. The van der Waals surface area contributed by atoms with Crippen LogP contribution in [0.25, 0.3) is 0 Å². The van der Waals surface area contributed by atoms with Crippen molar-refractivity contribution in [2.24, 2.45) is 11.7 Å². The van der Waals surface area contributed by atoms with Crippen molar-refractivity contribution in [3.63, 3.8) is 0 Å². The summed E-state index contributed by atoms with van der Waals surface area (Å²) in [6.07, 6.45) is -1.42. The van der Waals surface area contributed by atoms with E-state index in [9.17, 15) is 18.0 Å². The second-order valence-corrected chi connectivity index (χ2v) is 10.4. The standard InChI is InChI=1S/C25H24ClNO6S/c26-34(30,31)17-21(22(27)19-12-6-2-7-13-19)24(28)33-23(20-14-8-3-9-15-20)25(29)32-16-18-10-4-1-5-11-18/h1-15,21-23H,16-17,27H2. The van der Waals surface area contributed by atoms with Gasteiger partial charge in [0, 0.05) is 22.3 Å². The number of nitrogens with two attached hydrogens (primary N) is 1. The van der Waals surface area contributed by atoms with E-state index in [0.29, 0.717) is 11.1 Å². The van der Waals surface area contributed by atoms with Crippen LogP contribution in [0.15, 0.2) is 91.0 Å². The quantitative estimate of drug-likeness (QED) is 0.331. The molecule has 3 aromatic rings. The Kier molecular flexibility index (Phi) is 8.81. The van der Waals surface area contributed by atoms with Crippen LogP contribution in [0.2, 0.25) is 0 Å². The highest BCUT2D eigenvalue weighted by atomic mass is 35.7. The highest BCUT2D eigenvalue weighted by Crippen LogP contribution is 2.28. The SMILES string of the molecule is NC(c1ccccc1)C(CS(=O)(=O)Cl)C(=O)OC(C(=O)OCc1ccccc1)c1ccccc1. The maximum Gasteiger partial charge on any atom is 0.352 e. The molecule has 0 aliphatic rings. The van der Waals surface area contributed by atoms with E-state index in [-0.39, 0.29) is 6.61 Å². The summed E-state index contributed by atoms with van der Waals surface area (Å²) >= 11 is 0. The van der Waals surface area contributed by atoms with Crippen LogP contribution in [-0.4, -0.2) is 26.1 Å². The molecule has 0 aliphatic carbocycles. The van der Waals surface area contributed by atoms with E-state index in [1.165, 1.54) is 0 Å². The Hall–Kier alpha value is -3.20. The number of rotatable bonds is 10. The van der Waals surface area contributed by atoms with Gasteiger partial charge in [0.1, 0.15) is 6.61 Å². The van der Waals surface area contributed by atoms with Gasteiger partial charge in [-0.3, -0.25) is 4.79 Å². The molecule has 0 spiro atoms. The van der Waals surface area contributed by atoms with Gasteiger partial charge in [0.25, 0.3) is 0 Å². The Balaban J connectivity index is 1.84. The lowest BCUT2D eigenvalue weighted by atomic mass is 9.95. The molecule has 0 saturated carbocycles. The van der Waals surface area contributed by atoms with Gasteiger partial charge in [0.2, 0.25) is 15.2 Å². The lowest BCUT2D eigenvalue weighted by Crippen LogP contribution is -2.36. The number of hydrogen-bond acceptors (Lipinski definition) is 7. The van der Waals surface area contributed by atoms with Crippen LogP contribution in [0, 0.1) is 5.92 Å². The molecule has 0 amide bonds. The third-order valence-corrected chi connectivity index (χ3v) is 6.21. The summed E-state index contributed by atoms with van der Waals surface area (Å²) in [4.78, 5) is 26.1. The minimum absolute atomic E-state index is 0.0242. The normalized spacial score (nSPS) is 13.9. The van der Waals surface area contributed by atoms with Crippen molar-refractivity contribution >= 4 is 31.7 Å². The van der Waals surface area contributed by atoms with Crippen LogP contribution in [0.5, 0.6) is 0 Å². The van der Waals surface area contributed by atoms with Crippen molar-refractivity contribution in [2.45, 2.75) is 18.8 Å². The summed E-state index contributed by atoms with van der Waals surface area (Å²) < 4.78 is 34.6. The van der Waals surface area contributed by atoms with Gasteiger partial charge in [0.15, 0.2) is 0 Å². The smallest absolute Gasteiger partial charge is 0.352 e. The van der Waals surface area contributed by atoms with Gasteiger partial charge in [-0.2, -0.15) is 0 Å². The summed E-state index contributed by atoms with van der Waals surface area (Å²) in [6.45, 7) is -0.0242. The maximum absolute atomic E-state index is 13.2. The fraction of sp³-hybridized carbons (Fsp3) is 0.200. The first kappa shape index (κ1) is 25.4. The molecule has 0 radical (unpaired) electrons. The number of ether oxygens (including phenoxy) is 2. The molecular weight excluding hydrogens is 478 g/mol. The van der Waals surface area contributed by atoms with E-state index in [4.69, 9.17) is 25.9 Å². The Morgan fingerprint density at radius 3 is 1.82 bits per heavy atom. The van der Waals surface area contributed by atoms with Crippen LogP contribution in [-0.2, 0) is 34.7 Å². The summed E-state index contributed by atoms with van der Waals surface area (Å²) in [7, 11) is 1.34. The Morgan fingerprint density at radius 1 is 0.794 bits per heavy atom. The summed E-state index contributed by atoms with van der Waals surface area (Å²) in [6, 6.07) is 24.8. The van der Waals surface area contributed by atoms with E-state index in [2.05, 4.69) is 0 Å². The second-order valence-electron chi connectivity index (χ2n) is 7.57. The molecule has 3 atom stereocenters. The molecule has 0 saturated heterocycles. The van der Waals surface area contributed by atoms with Crippen LogP contribution >= 0.6 is 10.7 Å². The fourth-order valence-corrected chi connectivity index (χ4v) is 4.51. The van der Waals surface area contributed by atoms with Crippen LogP contribution < -0.4 is 5.73 Å². The van der Waals surface area contributed by atoms with E-state index >= 15 is 0 Å². The molecule has 0 bridgehead atoms. The van der Waals surface area contributed by atoms with Crippen molar-refractivity contribution < 1.29 is 27.5 Å². The molecule has 0 aromatic heterocycles. The average Bonchev–Trinajstić information content (AvgIpc) is 2.85. The maximum atomic E-state index is 13.2. The highest BCUT2D eigenvalue weighted by molar-refractivity contribution is 8.13. The molecule has 0 aliphatic heterocycles. The largest absolute Gasteiger partial charge is 0.458 e. The monoisotopic (exact) mass is 501 g/mol. The van der Waals surface area contributed by atoms with Crippen LogP contribution in [0.4, 0.5) is 0 Å². The number of esters is 2. The minimum atomic E-state index is -4.11. The number of hydrogen-bond donors (Lipinski definition) is 1. The third kappa shape index (κ3) is 7.41. The molecule has 3 unspecified atom stereocenters. The molecule has 3 rings (SSSR count). The van der Waals surface area contributed by atoms with Crippen molar-refractivity contribution in [2.75, 3.05) is 5.75 Å². The molecule has 0 fully saturated rings. The molecule has 0 heterocycles. The van der Waals surface area contributed by atoms with Gasteiger partial charge >= 0.3 is 11.9 Å². The topological polar surface area (TPSA) is 113 Å². The van der Waals surface area contributed by atoms with Gasteiger partial charge in [0.05, 0.1) is 11.7 Å². The van der Waals surface area contributed by atoms with Gasteiger partial charge in [-0.15, -0.1) is 0 Å². The second kappa shape index (κ2) is 11.8.